The monoisotopic (exact) mass is 178 g/mol. The SMILES string of the molecule is Cc1cnc2cccc(Cl)c2n1. The molecule has 0 aliphatic carbocycles. The van der Waals surface area contributed by atoms with E-state index in [0.29, 0.717) is 5.02 Å². The lowest BCUT2D eigenvalue weighted by molar-refractivity contribution is 1.18. The Balaban J connectivity index is 2.88. The van der Waals surface area contributed by atoms with E-state index in [1.807, 2.05) is 25.1 Å². The first-order chi connectivity index (χ1) is 5.77. The van der Waals surface area contributed by atoms with Gasteiger partial charge in [0, 0.05) is 6.20 Å². The lowest BCUT2D eigenvalue weighted by Gasteiger charge is -1.98. The summed E-state index contributed by atoms with van der Waals surface area (Å²) in [5, 5.41) is 0.656. The molecule has 0 radical (unpaired) electrons. The van der Waals surface area contributed by atoms with E-state index in [1.165, 1.54) is 0 Å². The summed E-state index contributed by atoms with van der Waals surface area (Å²) in [5.41, 5.74) is 2.50. The molecule has 0 N–H and O–H groups in total. The number of rotatable bonds is 0. The van der Waals surface area contributed by atoms with Gasteiger partial charge in [-0.05, 0) is 19.1 Å². The van der Waals surface area contributed by atoms with E-state index < -0.39 is 0 Å². The van der Waals surface area contributed by atoms with Crippen LogP contribution in [-0.4, -0.2) is 9.97 Å². The minimum atomic E-state index is 0.656. The number of halogens is 1. The van der Waals surface area contributed by atoms with E-state index >= 15 is 0 Å². The van der Waals surface area contributed by atoms with Crippen LogP contribution in [0.2, 0.25) is 5.02 Å². The Morgan fingerprint density at radius 2 is 2.17 bits per heavy atom. The quantitative estimate of drug-likeness (QED) is 0.620. The second kappa shape index (κ2) is 2.72. The third kappa shape index (κ3) is 1.14. The largest absolute Gasteiger partial charge is 0.253 e. The van der Waals surface area contributed by atoms with Crippen molar-refractivity contribution in [2.45, 2.75) is 6.92 Å². The molecule has 0 aliphatic rings. The van der Waals surface area contributed by atoms with Gasteiger partial charge in [-0.3, -0.25) is 4.98 Å². The van der Waals surface area contributed by atoms with Crippen LogP contribution in [0, 0.1) is 6.92 Å². The normalized spacial score (nSPS) is 10.5. The second-order valence-corrected chi connectivity index (χ2v) is 3.03. The van der Waals surface area contributed by atoms with Crippen molar-refractivity contribution in [1.29, 1.82) is 0 Å². The van der Waals surface area contributed by atoms with E-state index in [1.54, 1.807) is 6.20 Å². The zero-order chi connectivity index (χ0) is 8.55. The van der Waals surface area contributed by atoms with Crippen molar-refractivity contribution in [2.75, 3.05) is 0 Å². The van der Waals surface area contributed by atoms with Crippen molar-refractivity contribution in [3.05, 3.63) is 35.1 Å². The molecule has 0 unspecified atom stereocenters. The summed E-state index contributed by atoms with van der Waals surface area (Å²) in [6.07, 6.45) is 1.73. The van der Waals surface area contributed by atoms with Gasteiger partial charge in [0.2, 0.25) is 0 Å². The first kappa shape index (κ1) is 7.50. The van der Waals surface area contributed by atoms with Crippen LogP contribution in [0.15, 0.2) is 24.4 Å². The van der Waals surface area contributed by atoms with Crippen LogP contribution < -0.4 is 0 Å². The van der Waals surface area contributed by atoms with Crippen LogP contribution in [0.1, 0.15) is 5.69 Å². The number of aromatic nitrogens is 2. The smallest absolute Gasteiger partial charge is 0.108 e. The molecule has 0 spiro atoms. The Bertz CT molecular complexity index is 426. The fourth-order valence-electron chi connectivity index (χ4n) is 1.09. The first-order valence-electron chi connectivity index (χ1n) is 3.65. The predicted octanol–water partition coefficient (Wildman–Crippen LogP) is 2.59. The highest BCUT2D eigenvalue weighted by molar-refractivity contribution is 6.34. The van der Waals surface area contributed by atoms with Gasteiger partial charge in [-0.1, -0.05) is 17.7 Å². The van der Waals surface area contributed by atoms with Crippen molar-refractivity contribution >= 4 is 22.6 Å². The van der Waals surface area contributed by atoms with Crippen molar-refractivity contribution < 1.29 is 0 Å². The third-order valence-corrected chi connectivity index (χ3v) is 1.95. The van der Waals surface area contributed by atoms with E-state index in [0.717, 1.165) is 16.7 Å². The average molecular weight is 179 g/mol. The highest BCUT2D eigenvalue weighted by atomic mass is 35.5. The summed E-state index contributed by atoms with van der Waals surface area (Å²) in [7, 11) is 0. The standard InChI is InChI=1S/C9H7ClN2/c1-6-5-11-8-4-2-3-7(10)9(8)12-6/h2-5H,1H3. The Morgan fingerprint density at radius 3 is 3.00 bits per heavy atom. The molecule has 1 aromatic heterocycles. The summed E-state index contributed by atoms with van der Waals surface area (Å²) >= 11 is 5.93. The average Bonchev–Trinajstić information content (AvgIpc) is 2.07. The summed E-state index contributed by atoms with van der Waals surface area (Å²) < 4.78 is 0. The number of nitrogens with zero attached hydrogens (tertiary/aromatic N) is 2. The summed E-state index contributed by atoms with van der Waals surface area (Å²) in [6, 6.07) is 5.58. The molecule has 0 fully saturated rings. The fraction of sp³-hybridized carbons (Fsp3) is 0.111. The van der Waals surface area contributed by atoms with Gasteiger partial charge >= 0.3 is 0 Å². The molecule has 0 saturated carbocycles. The van der Waals surface area contributed by atoms with E-state index in [-0.39, 0.29) is 0 Å². The second-order valence-electron chi connectivity index (χ2n) is 2.62. The molecule has 1 aromatic carbocycles. The number of benzene rings is 1. The Labute approximate surface area is 75.2 Å². The van der Waals surface area contributed by atoms with Crippen molar-refractivity contribution in [3.63, 3.8) is 0 Å². The van der Waals surface area contributed by atoms with Gasteiger partial charge in [0.1, 0.15) is 5.52 Å². The van der Waals surface area contributed by atoms with Gasteiger partial charge in [0.25, 0.3) is 0 Å². The Kier molecular flexibility index (Phi) is 1.70. The maximum atomic E-state index is 5.93. The Hall–Kier alpha value is -1.15. The molecule has 0 bridgehead atoms. The van der Waals surface area contributed by atoms with Gasteiger partial charge < -0.3 is 0 Å². The van der Waals surface area contributed by atoms with Crippen LogP contribution in [-0.2, 0) is 0 Å². The molecule has 3 heteroatoms. The minimum absolute atomic E-state index is 0.656. The number of hydrogen-bond acceptors (Lipinski definition) is 2. The molecule has 0 aliphatic heterocycles. The van der Waals surface area contributed by atoms with Crippen molar-refractivity contribution in [1.82, 2.24) is 9.97 Å². The molecule has 2 nitrogen and oxygen atoms in total. The number of hydrogen-bond donors (Lipinski definition) is 0. The third-order valence-electron chi connectivity index (χ3n) is 1.64. The van der Waals surface area contributed by atoms with Gasteiger partial charge in [0.05, 0.1) is 16.2 Å². The highest BCUT2D eigenvalue weighted by Gasteiger charge is 1.99. The van der Waals surface area contributed by atoms with E-state index in [2.05, 4.69) is 9.97 Å². The van der Waals surface area contributed by atoms with E-state index in [4.69, 9.17) is 11.6 Å². The molecule has 0 atom stereocenters. The number of fused-ring (bicyclic) bond motifs is 1. The van der Waals surface area contributed by atoms with Gasteiger partial charge in [-0.15, -0.1) is 0 Å². The summed E-state index contributed by atoms with van der Waals surface area (Å²) in [4.78, 5) is 8.48. The highest BCUT2D eigenvalue weighted by Crippen LogP contribution is 2.19. The van der Waals surface area contributed by atoms with Crippen LogP contribution in [0.5, 0.6) is 0 Å². The molecular formula is C9H7ClN2. The van der Waals surface area contributed by atoms with Gasteiger partial charge in [-0.25, -0.2) is 4.98 Å². The van der Waals surface area contributed by atoms with E-state index in [9.17, 15) is 0 Å². The fourth-order valence-corrected chi connectivity index (χ4v) is 1.30. The molecule has 0 saturated heterocycles. The number of aryl methyl sites for hydroxylation is 1. The summed E-state index contributed by atoms with van der Waals surface area (Å²) in [6.45, 7) is 1.90. The maximum Gasteiger partial charge on any atom is 0.108 e. The van der Waals surface area contributed by atoms with Crippen LogP contribution in [0.25, 0.3) is 11.0 Å². The molecular weight excluding hydrogens is 172 g/mol. The summed E-state index contributed by atoms with van der Waals surface area (Å²) in [5.74, 6) is 0. The lowest BCUT2D eigenvalue weighted by Crippen LogP contribution is -1.86. The number of para-hydroxylation sites is 1. The van der Waals surface area contributed by atoms with Crippen molar-refractivity contribution in [3.8, 4) is 0 Å². The van der Waals surface area contributed by atoms with Gasteiger partial charge in [0.15, 0.2) is 0 Å². The van der Waals surface area contributed by atoms with Crippen molar-refractivity contribution in [2.24, 2.45) is 0 Å². The van der Waals surface area contributed by atoms with Crippen LogP contribution >= 0.6 is 11.6 Å². The molecule has 2 aromatic rings. The zero-order valence-corrected chi connectivity index (χ0v) is 7.34. The van der Waals surface area contributed by atoms with Crippen LogP contribution in [0.3, 0.4) is 0 Å². The maximum absolute atomic E-state index is 5.93. The predicted molar refractivity (Wildman–Crippen MR) is 49.3 cm³/mol. The zero-order valence-electron chi connectivity index (χ0n) is 6.58. The molecule has 1 heterocycles. The van der Waals surface area contributed by atoms with Gasteiger partial charge in [-0.2, -0.15) is 0 Å². The molecule has 60 valence electrons. The first-order valence-corrected chi connectivity index (χ1v) is 4.03. The Morgan fingerprint density at radius 1 is 1.33 bits per heavy atom. The minimum Gasteiger partial charge on any atom is -0.253 e. The van der Waals surface area contributed by atoms with Crippen LogP contribution in [0.4, 0.5) is 0 Å². The molecule has 2 rings (SSSR count). The topological polar surface area (TPSA) is 25.8 Å². The molecule has 12 heavy (non-hydrogen) atoms. The lowest BCUT2D eigenvalue weighted by atomic mass is 10.3. The molecule has 0 amide bonds.